The van der Waals surface area contributed by atoms with E-state index in [9.17, 15) is 0 Å². The first-order chi connectivity index (χ1) is 8.57. The van der Waals surface area contributed by atoms with Gasteiger partial charge in [-0.2, -0.15) is 0 Å². The fourth-order valence-corrected chi connectivity index (χ4v) is 2.53. The van der Waals surface area contributed by atoms with Crippen LogP contribution in [0.3, 0.4) is 0 Å². The van der Waals surface area contributed by atoms with E-state index in [0.29, 0.717) is 0 Å². The van der Waals surface area contributed by atoms with Crippen molar-refractivity contribution < 1.29 is 4.74 Å². The molecule has 2 heterocycles. The third-order valence-electron chi connectivity index (χ3n) is 3.74. The second-order valence-electron chi connectivity index (χ2n) is 5.14. The number of hydrogen-bond acceptors (Lipinski definition) is 6. The van der Waals surface area contributed by atoms with Crippen molar-refractivity contribution in [1.82, 2.24) is 25.3 Å². The first kappa shape index (κ1) is 13.4. The van der Waals surface area contributed by atoms with Crippen LogP contribution >= 0.6 is 0 Å². The van der Waals surface area contributed by atoms with E-state index in [1.807, 2.05) is 7.05 Å². The second kappa shape index (κ2) is 5.31. The van der Waals surface area contributed by atoms with E-state index in [1.54, 1.807) is 10.9 Å². The van der Waals surface area contributed by atoms with Crippen LogP contribution in [-0.2, 0) is 11.8 Å². The van der Waals surface area contributed by atoms with Crippen LogP contribution in [0.4, 0.5) is 0 Å². The molecule has 7 heteroatoms. The van der Waals surface area contributed by atoms with Crippen molar-refractivity contribution >= 4 is 0 Å². The largest absolute Gasteiger partial charge is 0.379 e. The minimum atomic E-state index is -0.131. The molecule has 102 valence electrons. The lowest BCUT2D eigenvalue weighted by Gasteiger charge is -2.45. The zero-order valence-corrected chi connectivity index (χ0v) is 11.3. The molecule has 0 radical (unpaired) electrons. The Labute approximate surface area is 107 Å². The van der Waals surface area contributed by atoms with Gasteiger partial charge in [0.2, 0.25) is 0 Å². The van der Waals surface area contributed by atoms with Crippen LogP contribution in [0.25, 0.3) is 0 Å². The molecule has 1 aromatic heterocycles. The zero-order valence-electron chi connectivity index (χ0n) is 11.3. The van der Waals surface area contributed by atoms with Crippen LogP contribution in [0.2, 0.25) is 0 Å². The van der Waals surface area contributed by atoms with E-state index in [0.717, 1.165) is 32.0 Å². The Morgan fingerprint density at radius 1 is 1.44 bits per heavy atom. The molecule has 18 heavy (non-hydrogen) atoms. The van der Waals surface area contributed by atoms with Gasteiger partial charge >= 0.3 is 0 Å². The van der Waals surface area contributed by atoms with Crippen molar-refractivity contribution in [1.29, 1.82) is 0 Å². The van der Waals surface area contributed by atoms with Crippen LogP contribution in [0.1, 0.15) is 25.6 Å². The number of rotatable bonds is 4. The molecule has 2 rings (SSSR count). The standard InChI is InChI=1S/C11H22N6O/c1-11(2,17-4-6-18-7-5-17)10(14-12)9-8-13-15-16(9)3/h8,10,14H,4-7,12H2,1-3H3. The van der Waals surface area contributed by atoms with Crippen molar-refractivity contribution in [2.75, 3.05) is 26.3 Å². The Morgan fingerprint density at radius 2 is 2.11 bits per heavy atom. The summed E-state index contributed by atoms with van der Waals surface area (Å²) in [5, 5.41) is 7.90. The van der Waals surface area contributed by atoms with Gasteiger partial charge < -0.3 is 4.74 Å². The highest BCUT2D eigenvalue weighted by Crippen LogP contribution is 2.30. The SMILES string of the molecule is Cn1nncc1C(NN)C(C)(C)N1CCOCC1. The third kappa shape index (κ3) is 2.39. The molecule has 1 aromatic rings. The number of nitrogens with one attached hydrogen (secondary N) is 1. The van der Waals surface area contributed by atoms with Gasteiger partial charge in [-0.15, -0.1) is 5.10 Å². The average molecular weight is 254 g/mol. The summed E-state index contributed by atoms with van der Waals surface area (Å²) in [5.41, 5.74) is 3.75. The summed E-state index contributed by atoms with van der Waals surface area (Å²) in [4.78, 5) is 2.38. The highest BCUT2D eigenvalue weighted by molar-refractivity contribution is 5.10. The number of hydrazine groups is 1. The normalized spacial score (nSPS) is 20.0. The fourth-order valence-electron chi connectivity index (χ4n) is 2.53. The van der Waals surface area contributed by atoms with Crippen LogP contribution in [-0.4, -0.2) is 51.7 Å². The molecule has 0 spiro atoms. The van der Waals surface area contributed by atoms with E-state index < -0.39 is 0 Å². The number of morpholine rings is 1. The molecule has 1 unspecified atom stereocenters. The topological polar surface area (TPSA) is 81.2 Å². The number of ether oxygens (including phenoxy) is 1. The van der Waals surface area contributed by atoms with Gasteiger partial charge in [0.1, 0.15) is 0 Å². The van der Waals surface area contributed by atoms with Gasteiger partial charge in [0.25, 0.3) is 0 Å². The number of nitrogens with zero attached hydrogens (tertiary/aromatic N) is 4. The molecular weight excluding hydrogens is 232 g/mol. The quantitative estimate of drug-likeness (QED) is 0.553. The van der Waals surface area contributed by atoms with E-state index in [2.05, 4.69) is 34.5 Å². The maximum absolute atomic E-state index is 5.75. The van der Waals surface area contributed by atoms with Gasteiger partial charge in [-0.25, -0.2) is 5.43 Å². The van der Waals surface area contributed by atoms with E-state index in [1.165, 1.54) is 0 Å². The Bertz CT molecular complexity index is 385. The van der Waals surface area contributed by atoms with Gasteiger partial charge in [0.05, 0.1) is 31.1 Å². The van der Waals surface area contributed by atoms with Crippen molar-refractivity contribution in [3.05, 3.63) is 11.9 Å². The molecule has 0 aliphatic carbocycles. The summed E-state index contributed by atoms with van der Waals surface area (Å²) in [7, 11) is 1.88. The first-order valence-electron chi connectivity index (χ1n) is 6.21. The smallest absolute Gasteiger partial charge is 0.0823 e. The zero-order chi connectivity index (χ0) is 13.2. The molecule has 1 aliphatic heterocycles. The molecular formula is C11H22N6O. The number of aromatic nitrogens is 3. The summed E-state index contributed by atoms with van der Waals surface area (Å²) in [5.74, 6) is 5.75. The Kier molecular flexibility index (Phi) is 3.96. The van der Waals surface area contributed by atoms with Crippen LogP contribution < -0.4 is 11.3 Å². The Hall–Kier alpha value is -1.02. The summed E-state index contributed by atoms with van der Waals surface area (Å²) in [6.07, 6.45) is 1.76. The van der Waals surface area contributed by atoms with Gasteiger partial charge in [-0.05, 0) is 13.8 Å². The predicted molar refractivity (Wildman–Crippen MR) is 67.5 cm³/mol. The van der Waals surface area contributed by atoms with Gasteiger partial charge in [-0.1, -0.05) is 5.21 Å². The summed E-state index contributed by atoms with van der Waals surface area (Å²) >= 11 is 0. The van der Waals surface area contributed by atoms with Gasteiger partial charge in [0.15, 0.2) is 0 Å². The molecule has 1 fully saturated rings. The molecule has 0 aromatic carbocycles. The highest BCUT2D eigenvalue weighted by Gasteiger charge is 2.38. The predicted octanol–water partition coefficient (Wildman–Crippen LogP) is -0.570. The monoisotopic (exact) mass is 254 g/mol. The summed E-state index contributed by atoms with van der Waals surface area (Å²) in [6, 6.07) is -0.0319. The molecule has 0 saturated carbocycles. The summed E-state index contributed by atoms with van der Waals surface area (Å²) in [6.45, 7) is 7.72. The molecule has 1 saturated heterocycles. The maximum atomic E-state index is 5.75. The van der Waals surface area contributed by atoms with Crippen molar-refractivity contribution in [2.45, 2.75) is 25.4 Å². The minimum Gasteiger partial charge on any atom is -0.379 e. The highest BCUT2D eigenvalue weighted by atomic mass is 16.5. The molecule has 3 N–H and O–H groups in total. The molecule has 7 nitrogen and oxygen atoms in total. The number of nitrogens with two attached hydrogens (primary N) is 1. The average Bonchev–Trinajstić information content (AvgIpc) is 2.78. The van der Waals surface area contributed by atoms with Crippen molar-refractivity contribution in [2.24, 2.45) is 12.9 Å². The Morgan fingerprint density at radius 3 is 2.61 bits per heavy atom. The molecule has 1 aliphatic rings. The summed E-state index contributed by atoms with van der Waals surface area (Å²) < 4.78 is 7.16. The van der Waals surface area contributed by atoms with E-state index in [-0.39, 0.29) is 11.6 Å². The number of aryl methyl sites for hydroxylation is 1. The Balaban J connectivity index is 2.22. The lowest BCUT2D eigenvalue weighted by atomic mass is 9.90. The molecule has 0 bridgehead atoms. The third-order valence-corrected chi connectivity index (χ3v) is 3.74. The minimum absolute atomic E-state index is 0.0319. The second-order valence-corrected chi connectivity index (χ2v) is 5.14. The van der Waals surface area contributed by atoms with Crippen molar-refractivity contribution in [3.8, 4) is 0 Å². The van der Waals surface area contributed by atoms with Crippen LogP contribution in [0.5, 0.6) is 0 Å². The lowest BCUT2D eigenvalue weighted by Crippen LogP contribution is -2.57. The van der Waals surface area contributed by atoms with Crippen LogP contribution in [0.15, 0.2) is 6.20 Å². The molecule has 1 atom stereocenters. The van der Waals surface area contributed by atoms with E-state index in [4.69, 9.17) is 10.6 Å². The fraction of sp³-hybridized carbons (Fsp3) is 0.818. The number of hydrogen-bond donors (Lipinski definition) is 2. The lowest BCUT2D eigenvalue weighted by molar-refractivity contribution is -0.0248. The molecule has 0 amide bonds. The van der Waals surface area contributed by atoms with E-state index >= 15 is 0 Å². The first-order valence-corrected chi connectivity index (χ1v) is 6.21. The van der Waals surface area contributed by atoms with Gasteiger partial charge in [0, 0.05) is 25.7 Å². The van der Waals surface area contributed by atoms with Gasteiger partial charge in [-0.3, -0.25) is 15.4 Å². The van der Waals surface area contributed by atoms with Crippen LogP contribution in [0, 0.1) is 0 Å². The van der Waals surface area contributed by atoms with Crippen molar-refractivity contribution in [3.63, 3.8) is 0 Å². The maximum Gasteiger partial charge on any atom is 0.0823 e.